The van der Waals surface area contributed by atoms with E-state index in [1.807, 2.05) is 36.7 Å². The summed E-state index contributed by atoms with van der Waals surface area (Å²) in [6, 6.07) is 10.9. The highest BCUT2D eigenvalue weighted by Crippen LogP contribution is 2.16. The summed E-state index contributed by atoms with van der Waals surface area (Å²) in [6.45, 7) is 5.04. The van der Waals surface area contributed by atoms with E-state index in [2.05, 4.69) is 10.6 Å². The van der Waals surface area contributed by atoms with Crippen LogP contribution in [0.25, 0.3) is 0 Å². The van der Waals surface area contributed by atoms with Crippen molar-refractivity contribution in [2.24, 2.45) is 0 Å². The van der Waals surface area contributed by atoms with Crippen LogP contribution < -0.4 is 10.6 Å². The summed E-state index contributed by atoms with van der Waals surface area (Å²) in [5.41, 5.74) is 3.32. The van der Waals surface area contributed by atoms with Crippen molar-refractivity contribution in [1.82, 2.24) is 10.6 Å². The number of carbonyl (C=O) groups excluding carboxylic acids is 2. The van der Waals surface area contributed by atoms with Gasteiger partial charge in [-0.15, -0.1) is 22.7 Å². The van der Waals surface area contributed by atoms with Crippen LogP contribution >= 0.6 is 22.7 Å². The van der Waals surface area contributed by atoms with Gasteiger partial charge in [-0.3, -0.25) is 9.59 Å². The fraction of sp³-hybridized carbons (Fsp3) is 0.200. The van der Waals surface area contributed by atoms with Crippen LogP contribution in [0.3, 0.4) is 0 Å². The molecule has 0 unspecified atom stereocenters. The second-order valence-corrected chi connectivity index (χ2v) is 8.00. The maximum atomic E-state index is 12.4. The largest absolute Gasteiger partial charge is 0.347 e. The van der Waals surface area contributed by atoms with Crippen LogP contribution in [-0.2, 0) is 13.1 Å². The number of aryl methyl sites for hydroxylation is 2. The molecule has 0 fully saturated rings. The molecule has 0 spiro atoms. The average Bonchev–Trinajstić information content (AvgIpc) is 3.25. The Kier molecular flexibility index (Phi) is 5.85. The number of hydrogen-bond donors (Lipinski definition) is 2. The van der Waals surface area contributed by atoms with Crippen LogP contribution in [0.2, 0.25) is 0 Å². The van der Waals surface area contributed by atoms with E-state index in [0.717, 1.165) is 9.75 Å². The van der Waals surface area contributed by atoms with Crippen molar-refractivity contribution in [2.75, 3.05) is 0 Å². The van der Waals surface area contributed by atoms with Gasteiger partial charge in [-0.1, -0.05) is 6.07 Å². The lowest BCUT2D eigenvalue weighted by Gasteiger charge is -2.08. The topological polar surface area (TPSA) is 58.2 Å². The van der Waals surface area contributed by atoms with Crippen molar-refractivity contribution in [2.45, 2.75) is 26.9 Å². The lowest BCUT2D eigenvalue weighted by Crippen LogP contribution is -2.25. The van der Waals surface area contributed by atoms with Gasteiger partial charge in [0.25, 0.3) is 11.8 Å². The molecule has 2 heterocycles. The van der Waals surface area contributed by atoms with Gasteiger partial charge in [-0.2, -0.15) is 0 Å². The second-order valence-electron chi connectivity index (χ2n) is 6.00. The number of benzene rings is 1. The van der Waals surface area contributed by atoms with Crippen molar-refractivity contribution in [1.29, 1.82) is 0 Å². The molecule has 2 N–H and O–H groups in total. The molecule has 1 aromatic carbocycles. The van der Waals surface area contributed by atoms with Gasteiger partial charge in [0.2, 0.25) is 0 Å². The average molecular weight is 385 g/mol. The third-order valence-corrected chi connectivity index (χ3v) is 6.19. The monoisotopic (exact) mass is 384 g/mol. The summed E-state index contributed by atoms with van der Waals surface area (Å²) >= 11 is 3.25. The lowest BCUT2D eigenvalue weighted by molar-refractivity contribution is 0.0950. The Bertz CT molecular complexity index is 856. The number of amides is 2. The predicted octanol–water partition coefficient (Wildman–Crippen LogP) is 4.29. The van der Waals surface area contributed by atoms with Gasteiger partial charge in [-0.25, -0.2) is 0 Å². The van der Waals surface area contributed by atoms with Crippen LogP contribution in [0.15, 0.2) is 47.2 Å². The van der Waals surface area contributed by atoms with Crippen molar-refractivity contribution in [3.63, 3.8) is 0 Å². The molecule has 0 aliphatic carbocycles. The first kappa shape index (κ1) is 18.4. The van der Waals surface area contributed by atoms with Crippen LogP contribution in [0.1, 0.15) is 41.6 Å². The molecule has 6 heteroatoms. The minimum Gasteiger partial charge on any atom is -0.347 e. The van der Waals surface area contributed by atoms with Crippen LogP contribution in [0, 0.1) is 13.8 Å². The quantitative estimate of drug-likeness (QED) is 0.666. The van der Waals surface area contributed by atoms with Gasteiger partial charge in [0, 0.05) is 20.9 Å². The summed E-state index contributed by atoms with van der Waals surface area (Å²) in [5, 5.41) is 9.85. The first-order valence-electron chi connectivity index (χ1n) is 8.27. The molecule has 26 heavy (non-hydrogen) atoms. The smallest absolute Gasteiger partial charge is 0.251 e. The Hall–Kier alpha value is -2.44. The molecular formula is C20H20N2O2S2. The van der Waals surface area contributed by atoms with Gasteiger partial charge in [-0.05, 0) is 66.1 Å². The van der Waals surface area contributed by atoms with Crippen molar-refractivity contribution >= 4 is 34.5 Å². The maximum Gasteiger partial charge on any atom is 0.251 e. The molecule has 3 rings (SSSR count). The normalized spacial score (nSPS) is 10.5. The third-order valence-electron chi connectivity index (χ3n) is 4.14. The zero-order valence-corrected chi connectivity index (χ0v) is 16.3. The van der Waals surface area contributed by atoms with Crippen LogP contribution in [0.4, 0.5) is 0 Å². The third kappa shape index (κ3) is 4.39. The SMILES string of the molecule is Cc1ccsc1CNC(=O)c1cccc(C(=O)NCc2sccc2C)c1. The molecule has 2 amide bonds. The molecular weight excluding hydrogens is 364 g/mol. The van der Waals surface area contributed by atoms with E-state index >= 15 is 0 Å². The highest BCUT2D eigenvalue weighted by Gasteiger charge is 2.11. The van der Waals surface area contributed by atoms with E-state index in [9.17, 15) is 9.59 Å². The summed E-state index contributed by atoms with van der Waals surface area (Å²) in [6.07, 6.45) is 0. The predicted molar refractivity (Wildman–Crippen MR) is 107 cm³/mol. The van der Waals surface area contributed by atoms with E-state index in [0.29, 0.717) is 24.2 Å². The fourth-order valence-electron chi connectivity index (χ4n) is 2.50. The Labute approximate surface area is 160 Å². The molecule has 0 radical (unpaired) electrons. The first-order valence-corrected chi connectivity index (χ1v) is 10.0. The molecule has 4 nitrogen and oxygen atoms in total. The van der Waals surface area contributed by atoms with E-state index in [1.165, 1.54) is 11.1 Å². The van der Waals surface area contributed by atoms with Gasteiger partial charge >= 0.3 is 0 Å². The zero-order valence-electron chi connectivity index (χ0n) is 14.7. The zero-order chi connectivity index (χ0) is 18.5. The van der Waals surface area contributed by atoms with E-state index in [4.69, 9.17) is 0 Å². The number of thiophene rings is 2. The molecule has 0 saturated carbocycles. The van der Waals surface area contributed by atoms with Gasteiger partial charge in [0.1, 0.15) is 0 Å². The van der Waals surface area contributed by atoms with Crippen molar-refractivity contribution in [3.05, 3.63) is 79.2 Å². The molecule has 0 saturated heterocycles. The molecule has 2 aromatic heterocycles. The molecule has 0 aliphatic heterocycles. The summed E-state index contributed by atoms with van der Waals surface area (Å²) in [4.78, 5) is 27.0. The second kappa shape index (κ2) is 8.29. The summed E-state index contributed by atoms with van der Waals surface area (Å²) in [7, 11) is 0. The van der Waals surface area contributed by atoms with Gasteiger partial charge < -0.3 is 10.6 Å². The Balaban J connectivity index is 1.61. The van der Waals surface area contributed by atoms with Crippen LogP contribution in [-0.4, -0.2) is 11.8 Å². The lowest BCUT2D eigenvalue weighted by atomic mass is 10.1. The maximum absolute atomic E-state index is 12.4. The first-order chi connectivity index (χ1) is 12.5. The number of hydrogen-bond acceptors (Lipinski definition) is 4. The number of nitrogens with one attached hydrogen (secondary N) is 2. The molecule has 0 atom stereocenters. The van der Waals surface area contributed by atoms with Crippen LogP contribution in [0.5, 0.6) is 0 Å². The molecule has 0 bridgehead atoms. The summed E-state index contributed by atoms with van der Waals surface area (Å²) < 4.78 is 0. The molecule has 0 aliphatic rings. The van der Waals surface area contributed by atoms with Crippen molar-refractivity contribution < 1.29 is 9.59 Å². The Morgan fingerprint density at radius 1 is 0.808 bits per heavy atom. The minimum atomic E-state index is -0.179. The van der Waals surface area contributed by atoms with E-state index in [1.54, 1.807) is 46.9 Å². The van der Waals surface area contributed by atoms with Gasteiger partial charge in [0.05, 0.1) is 13.1 Å². The number of rotatable bonds is 6. The summed E-state index contributed by atoms with van der Waals surface area (Å²) in [5.74, 6) is -0.358. The van der Waals surface area contributed by atoms with E-state index < -0.39 is 0 Å². The fourth-order valence-corrected chi connectivity index (χ4v) is 4.19. The minimum absolute atomic E-state index is 0.179. The highest BCUT2D eigenvalue weighted by atomic mass is 32.1. The van der Waals surface area contributed by atoms with Crippen molar-refractivity contribution in [3.8, 4) is 0 Å². The number of carbonyl (C=O) groups is 2. The highest BCUT2D eigenvalue weighted by molar-refractivity contribution is 7.10. The molecule has 134 valence electrons. The Morgan fingerprint density at radius 3 is 1.65 bits per heavy atom. The van der Waals surface area contributed by atoms with E-state index in [-0.39, 0.29) is 11.8 Å². The van der Waals surface area contributed by atoms with Gasteiger partial charge in [0.15, 0.2) is 0 Å². The standard InChI is InChI=1S/C20H20N2O2S2/c1-13-6-8-25-17(13)11-21-19(23)15-4-3-5-16(10-15)20(24)22-12-18-14(2)7-9-26-18/h3-10H,11-12H2,1-2H3,(H,21,23)(H,22,24). The Morgan fingerprint density at radius 2 is 1.27 bits per heavy atom. The molecule has 3 aromatic rings.